The number of piperidine rings is 1. The van der Waals surface area contributed by atoms with E-state index in [0.29, 0.717) is 30.5 Å². The van der Waals surface area contributed by atoms with Crippen LogP contribution in [0, 0.1) is 0 Å². The van der Waals surface area contributed by atoms with Crippen LogP contribution < -0.4 is 0 Å². The Bertz CT molecular complexity index is 935. The molecule has 4 heterocycles. The fraction of sp³-hybridized carbons (Fsp3) is 0.421. The number of rotatable bonds is 4. The summed E-state index contributed by atoms with van der Waals surface area (Å²) >= 11 is 0. The predicted molar refractivity (Wildman–Crippen MR) is 97.9 cm³/mol. The number of hydrogen-bond donors (Lipinski definition) is 0. The Kier molecular flexibility index (Phi) is 4.47. The summed E-state index contributed by atoms with van der Waals surface area (Å²) in [5.74, 6) is 1.11. The lowest BCUT2D eigenvalue weighted by atomic mass is 9.81. The molecular formula is C19H22N6O2. The van der Waals surface area contributed by atoms with Crippen LogP contribution in [0.15, 0.2) is 41.3 Å². The van der Waals surface area contributed by atoms with Gasteiger partial charge in [-0.1, -0.05) is 12.1 Å². The Morgan fingerprint density at radius 3 is 2.85 bits per heavy atom. The van der Waals surface area contributed by atoms with Crippen molar-refractivity contribution in [3.63, 3.8) is 0 Å². The van der Waals surface area contributed by atoms with Crippen LogP contribution in [0.25, 0.3) is 11.5 Å². The summed E-state index contributed by atoms with van der Waals surface area (Å²) in [5.41, 5.74) is 1.11. The van der Waals surface area contributed by atoms with Gasteiger partial charge < -0.3 is 9.42 Å². The standard InChI is InChI=1S/C19H22N6O2/c1-3-25-15(7-11-21-25)17(26)24-12-4-8-19(2,13-24)18-22-16(27-23-18)14-5-9-20-10-6-14/h5-7,9-11H,3-4,8,12-13H2,1-2H3. The van der Waals surface area contributed by atoms with E-state index in [1.165, 1.54) is 0 Å². The molecule has 1 unspecified atom stereocenters. The van der Waals surface area contributed by atoms with Crippen LogP contribution in [0.1, 0.15) is 43.0 Å². The van der Waals surface area contributed by atoms with Crippen molar-refractivity contribution in [1.82, 2.24) is 29.8 Å². The van der Waals surface area contributed by atoms with E-state index in [-0.39, 0.29) is 11.3 Å². The number of aromatic nitrogens is 5. The average Bonchev–Trinajstić information content (AvgIpc) is 3.38. The number of aryl methyl sites for hydroxylation is 1. The molecule has 27 heavy (non-hydrogen) atoms. The van der Waals surface area contributed by atoms with Crippen molar-refractivity contribution in [2.75, 3.05) is 13.1 Å². The summed E-state index contributed by atoms with van der Waals surface area (Å²) < 4.78 is 7.19. The van der Waals surface area contributed by atoms with E-state index >= 15 is 0 Å². The van der Waals surface area contributed by atoms with Gasteiger partial charge in [-0.05, 0) is 38.0 Å². The highest BCUT2D eigenvalue weighted by Gasteiger charge is 2.39. The fourth-order valence-corrected chi connectivity index (χ4v) is 3.60. The molecule has 1 amide bonds. The molecule has 1 saturated heterocycles. The second kappa shape index (κ2) is 6.94. The SMILES string of the molecule is CCn1nccc1C(=O)N1CCCC(C)(c2noc(-c3ccncc3)n2)C1. The zero-order valence-electron chi connectivity index (χ0n) is 15.5. The third-order valence-corrected chi connectivity index (χ3v) is 5.11. The fourth-order valence-electron chi connectivity index (χ4n) is 3.60. The lowest BCUT2D eigenvalue weighted by Crippen LogP contribution is -2.48. The Hall–Kier alpha value is -3.03. The van der Waals surface area contributed by atoms with Gasteiger partial charge in [0.2, 0.25) is 0 Å². The van der Waals surface area contributed by atoms with Crippen LogP contribution in [-0.2, 0) is 12.0 Å². The molecule has 3 aromatic rings. The smallest absolute Gasteiger partial charge is 0.272 e. The number of nitrogens with zero attached hydrogens (tertiary/aromatic N) is 6. The first-order chi connectivity index (χ1) is 13.1. The molecule has 1 fully saturated rings. The van der Waals surface area contributed by atoms with Gasteiger partial charge in [0.25, 0.3) is 11.8 Å². The average molecular weight is 366 g/mol. The van der Waals surface area contributed by atoms with Gasteiger partial charge in [0.15, 0.2) is 5.82 Å². The molecule has 3 aromatic heterocycles. The number of likely N-dealkylation sites (tertiary alicyclic amines) is 1. The van der Waals surface area contributed by atoms with Gasteiger partial charge in [0.1, 0.15) is 5.69 Å². The predicted octanol–water partition coefficient (Wildman–Crippen LogP) is 2.54. The molecule has 1 aliphatic rings. The van der Waals surface area contributed by atoms with E-state index in [1.807, 2.05) is 24.0 Å². The summed E-state index contributed by atoms with van der Waals surface area (Å²) in [6.07, 6.45) is 6.85. The number of carbonyl (C=O) groups excluding carboxylic acids is 1. The summed E-state index contributed by atoms with van der Waals surface area (Å²) in [6, 6.07) is 5.44. The molecule has 140 valence electrons. The molecule has 1 atom stereocenters. The van der Waals surface area contributed by atoms with Crippen LogP contribution in [0.5, 0.6) is 0 Å². The van der Waals surface area contributed by atoms with Gasteiger partial charge in [-0.25, -0.2) is 0 Å². The monoisotopic (exact) mass is 366 g/mol. The summed E-state index contributed by atoms with van der Waals surface area (Å²) in [7, 11) is 0. The Morgan fingerprint density at radius 1 is 1.26 bits per heavy atom. The first-order valence-corrected chi connectivity index (χ1v) is 9.16. The molecule has 1 aliphatic heterocycles. The van der Waals surface area contributed by atoms with Crippen molar-refractivity contribution in [2.45, 2.75) is 38.6 Å². The summed E-state index contributed by atoms with van der Waals surface area (Å²) in [6.45, 7) is 6.00. The van der Waals surface area contributed by atoms with Crippen LogP contribution in [0.3, 0.4) is 0 Å². The van der Waals surface area contributed by atoms with Gasteiger partial charge in [0.05, 0.1) is 0 Å². The molecular weight excluding hydrogens is 344 g/mol. The third-order valence-electron chi connectivity index (χ3n) is 5.11. The number of carbonyl (C=O) groups is 1. The van der Waals surface area contributed by atoms with Gasteiger partial charge >= 0.3 is 0 Å². The number of amides is 1. The van der Waals surface area contributed by atoms with Crippen LogP contribution in [0.4, 0.5) is 0 Å². The zero-order chi connectivity index (χ0) is 18.9. The first-order valence-electron chi connectivity index (χ1n) is 9.16. The normalized spacial score (nSPS) is 20.0. The van der Waals surface area contributed by atoms with Gasteiger partial charge in [-0.15, -0.1) is 0 Å². The van der Waals surface area contributed by atoms with E-state index in [4.69, 9.17) is 4.52 Å². The molecule has 4 rings (SSSR count). The van der Waals surface area contributed by atoms with Crippen LogP contribution in [-0.4, -0.2) is 48.8 Å². The largest absolute Gasteiger partial charge is 0.336 e. The van der Waals surface area contributed by atoms with Crippen molar-refractivity contribution < 1.29 is 9.32 Å². The highest BCUT2D eigenvalue weighted by Crippen LogP contribution is 2.33. The second-order valence-corrected chi connectivity index (χ2v) is 7.08. The minimum atomic E-state index is -0.347. The van der Waals surface area contributed by atoms with Crippen LogP contribution >= 0.6 is 0 Å². The molecule has 0 bridgehead atoms. The second-order valence-electron chi connectivity index (χ2n) is 7.08. The maximum absolute atomic E-state index is 13.0. The van der Waals surface area contributed by atoms with Crippen molar-refractivity contribution in [3.05, 3.63) is 48.3 Å². The summed E-state index contributed by atoms with van der Waals surface area (Å²) in [4.78, 5) is 23.5. The number of hydrogen-bond acceptors (Lipinski definition) is 6. The molecule has 0 saturated carbocycles. The van der Waals surface area contributed by atoms with Crippen molar-refractivity contribution >= 4 is 5.91 Å². The van der Waals surface area contributed by atoms with E-state index in [0.717, 1.165) is 24.9 Å². The topological polar surface area (TPSA) is 89.9 Å². The van der Waals surface area contributed by atoms with E-state index in [9.17, 15) is 4.79 Å². The Morgan fingerprint density at radius 2 is 2.07 bits per heavy atom. The molecule has 0 N–H and O–H groups in total. The molecule has 8 heteroatoms. The molecule has 0 radical (unpaired) electrons. The molecule has 8 nitrogen and oxygen atoms in total. The lowest BCUT2D eigenvalue weighted by molar-refractivity contribution is 0.0629. The minimum absolute atomic E-state index is 0.00173. The number of pyridine rings is 1. The van der Waals surface area contributed by atoms with Gasteiger partial charge in [0, 0.05) is 49.2 Å². The quantitative estimate of drug-likeness (QED) is 0.705. The Balaban J connectivity index is 1.57. The van der Waals surface area contributed by atoms with Crippen molar-refractivity contribution in [1.29, 1.82) is 0 Å². The maximum atomic E-state index is 13.0. The highest BCUT2D eigenvalue weighted by molar-refractivity contribution is 5.92. The van der Waals surface area contributed by atoms with Gasteiger partial charge in [-0.3, -0.25) is 14.5 Å². The molecule has 0 aromatic carbocycles. The zero-order valence-corrected chi connectivity index (χ0v) is 15.5. The maximum Gasteiger partial charge on any atom is 0.272 e. The minimum Gasteiger partial charge on any atom is -0.336 e. The highest BCUT2D eigenvalue weighted by atomic mass is 16.5. The van der Waals surface area contributed by atoms with Crippen molar-refractivity contribution in [2.24, 2.45) is 0 Å². The molecule has 0 spiro atoms. The molecule has 0 aliphatic carbocycles. The van der Waals surface area contributed by atoms with E-state index < -0.39 is 0 Å². The third kappa shape index (κ3) is 3.22. The Labute approximate surface area is 157 Å². The lowest BCUT2D eigenvalue weighted by Gasteiger charge is -2.38. The van der Waals surface area contributed by atoms with Gasteiger partial charge in [-0.2, -0.15) is 10.1 Å². The van der Waals surface area contributed by atoms with Crippen molar-refractivity contribution in [3.8, 4) is 11.5 Å². The summed E-state index contributed by atoms with van der Waals surface area (Å²) in [5, 5.41) is 8.42. The van der Waals surface area contributed by atoms with Crippen LogP contribution in [0.2, 0.25) is 0 Å². The van der Waals surface area contributed by atoms with E-state index in [1.54, 1.807) is 29.3 Å². The van der Waals surface area contributed by atoms with E-state index in [2.05, 4.69) is 27.1 Å². The first kappa shape index (κ1) is 17.4.